The van der Waals surface area contributed by atoms with Gasteiger partial charge in [0, 0.05) is 25.7 Å². The summed E-state index contributed by atoms with van der Waals surface area (Å²) in [6, 6.07) is 0.383. The molecule has 3 rings (SSSR count). The third-order valence-corrected chi connectivity index (χ3v) is 4.40. The van der Waals surface area contributed by atoms with Gasteiger partial charge in [-0.15, -0.1) is 0 Å². The third-order valence-electron chi connectivity index (χ3n) is 4.40. The van der Waals surface area contributed by atoms with Crippen LogP contribution in [-0.2, 0) is 4.74 Å². The standard InChI is InChI=1S/C15H26N4O2/c1-2-7-16-13-6-10-20-11-12(13)14-17-15(18-21-14)19-8-4-3-5-9-19/h12-13,16H,2-11H2,1H3. The zero-order chi connectivity index (χ0) is 14.5. The van der Waals surface area contributed by atoms with Crippen LogP contribution in [0.15, 0.2) is 4.52 Å². The second-order valence-corrected chi connectivity index (χ2v) is 6.01. The van der Waals surface area contributed by atoms with Crippen molar-refractivity contribution in [3.8, 4) is 0 Å². The summed E-state index contributed by atoms with van der Waals surface area (Å²) in [5.41, 5.74) is 0. The van der Waals surface area contributed by atoms with Crippen LogP contribution in [0.3, 0.4) is 0 Å². The topological polar surface area (TPSA) is 63.4 Å². The lowest BCUT2D eigenvalue weighted by Crippen LogP contribution is -2.41. The van der Waals surface area contributed by atoms with Crippen molar-refractivity contribution in [2.24, 2.45) is 0 Å². The average Bonchev–Trinajstić information content (AvgIpc) is 3.04. The largest absolute Gasteiger partial charge is 0.381 e. The first kappa shape index (κ1) is 14.8. The molecule has 2 atom stereocenters. The molecule has 21 heavy (non-hydrogen) atoms. The van der Waals surface area contributed by atoms with Gasteiger partial charge in [-0.3, -0.25) is 0 Å². The molecule has 0 amide bonds. The molecule has 2 unspecified atom stereocenters. The number of ether oxygens (including phenoxy) is 1. The predicted octanol–water partition coefficient (Wildman–Crippen LogP) is 1.93. The van der Waals surface area contributed by atoms with E-state index in [0.29, 0.717) is 12.6 Å². The van der Waals surface area contributed by atoms with Gasteiger partial charge in [0.05, 0.1) is 12.5 Å². The van der Waals surface area contributed by atoms with Crippen LogP contribution in [0, 0.1) is 0 Å². The normalized spacial score (nSPS) is 27.0. The second-order valence-electron chi connectivity index (χ2n) is 6.01. The fraction of sp³-hybridized carbons (Fsp3) is 0.867. The number of rotatable bonds is 5. The molecule has 1 N–H and O–H groups in total. The highest BCUT2D eigenvalue weighted by Gasteiger charge is 2.32. The van der Waals surface area contributed by atoms with Crippen LogP contribution in [0.4, 0.5) is 5.95 Å². The quantitative estimate of drug-likeness (QED) is 0.895. The van der Waals surface area contributed by atoms with E-state index in [9.17, 15) is 0 Å². The molecule has 0 radical (unpaired) electrons. The Morgan fingerprint density at radius 3 is 2.95 bits per heavy atom. The molecular weight excluding hydrogens is 268 g/mol. The Bertz CT molecular complexity index is 431. The number of hydrogen-bond donors (Lipinski definition) is 1. The summed E-state index contributed by atoms with van der Waals surface area (Å²) in [5, 5.41) is 7.77. The first-order valence-corrected chi connectivity index (χ1v) is 8.28. The summed E-state index contributed by atoms with van der Waals surface area (Å²) in [4.78, 5) is 6.87. The van der Waals surface area contributed by atoms with E-state index in [2.05, 4.69) is 27.3 Å². The Morgan fingerprint density at radius 1 is 1.29 bits per heavy atom. The van der Waals surface area contributed by atoms with E-state index in [1.165, 1.54) is 19.3 Å². The highest BCUT2D eigenvalue weighted by Crippen LogP contribution is 2.27. The van der Waals surface area contributed by atoms with Crippen molar-refractivity contribution in [1.29, 1.82) is 0 Å². The Morgan fingerprint density at radius 2 is 2.14 bits per heavy atom. The maximum atomic E-state index is 5.62. The molecule has 2 aliphatic heterocycles. The summed E-state index contributed by atoms with van der Waals surface area (Å²) in [6.45, 7) is 6.76. The van der Waals surface area contributed by atoms with E-state index in [4.69, 9.17) is 9.26 Å². The number of aromatic nitrogens is 2. The van der Waals surface area contributed by atoms with Crippen molar-refractivity contribution >= 4 is 5.95 Å². The maximum absolute atomic E-state index is 5.62. The monoisotopic (exact) mass is 294 g/mol. The Kier molecular flexibility index (Phi) is 5.08. The first-order valence-electron chi connectivity index (χ1n) is 8.28. The molecule has 6 nitrogen and oxygen atoms in total. The van der Waals surface area contributed by atoms with Crippen LogP contribution >= 0.6 is 0 Å². The fourth-order valence-electron chi connectivity index (χ4n) is 3.16. The van der Waals surface area contributed by atoms with Crippen molar-refractivity contribution in [1.82, 2.24) is 15.5 Å². The molecule has 0 aliphatic carbocycles. The molecule has 0 aromatic carbocycles. The van der Waals surface area contributed by atoms with E-state index < -0.39 is 0 Å². The molecule has 2 saturated heterocycles. The van der Waals surface area contributed by atoms with Crippen molar-refractivity contribution in [2.75, 3.05) is 37.7 Å². The van der Waals surface area contributed by atoms with Gasteiger partial charge in [0.2, 0.25) is 5.89 Å². The van der Waals surface area contributed by atoms with Crippen LogP contribution in [0.1, 0.15) is 50.8 Å². The summed E-state index contributed by atoms with van der Waals surface area (Å²) in [5.74, 6) is 1.66. The lowest BCUT2D eigenvalue weighted by atomic mass is 9.95. The van der Waals surface area contributed by atoms with Crippen LogP contribution in [0.2, 0.25) is 0 Å². The molecule has 0 spiro atoms. The fourth-order valence-corrected chi connectivity index (χ4v) is 3.16. The number of piperidine rings is 1. The van der Waals surface area contributed by atoms with Gasteiger partial charge in [0.1, 0.15) is 0 Å². The van der Waals surface area contributed by atoms with E-state index in [1.807, 2.05) is 0 Å². The number of hydrogen-bond acceptors (Lipinski definition) is 6. The van der Waals surface area contributed by atoms with E-state index in [-0.39, 0.29) is 5.92 Å². The van der Waals surface area contributed by atoms with E-state index in [0.717, 1.165) is 50.9 Å². The Labute approximate surface area is 126 Å². The molecule has 118 valence electrons. The van der Waals surface area contributed by atoms with Crippen LogP contribution in [0.5, 0.6) is 0 Å². The second kappa shape index (κ2) is 7.22. The molecule has 0 bridgehead atoms. The van der Waals surface area contributed by atoms with Gasteiger partial charge in [0.15, 0.2) is 0 Å². The van der Waals surface area contributed by atoms with Gasteiger partial charge in [-0.25, -0.2) is 0 Å². The average molecular weight is 294 g/mol. The smallest absolute Gasteiger partial charge is 0.266 e. The predicted molar refractivity (Wildman–Crippen MR) is 80.6 cm³/mol. The van der Waals surface area contributed by atoms with Crippen LogP contribution in [0.25, 0.3) is 0 Å². The number of anilines is 1. The van der Waals surface area contributed by atoms with Gasteiger partial charge in [-0.2, -0.15) is 4.98 Å². The minimum Gasteiger partial charge on any atom is -0.381 e. The minimum absolute atomic E-state index is 0.177. The molecule has 2 aliphatic rings. The van der Waals surface area contributed by atoms with Crippen LogP contribution in [-0.4, -0.2) is 49.0 Å². The molecular formula is C15H26N4O2. The maximum Gasteiger partial charge on any atom is 0.266 e. The highest BCUT2D eigenvalue weighted by atomic mass is 16.5. The van der Waals surface area contributed by atoms with E-state index >= 15 is 0 Å². The SMILES string of the molecule is CCCNC1CCOCC1c1nc(N2CCCCC2)no1. The van der Waals surface area contributed by atoms with Crippen LogP contribution < -0.4 is 10.2 Å². The zero-order valence-corrected chi connectivity index (χ0v) is 12.9. The molecule has 2 fully saturated rings. The summed E-state index contributed by atoms with van der Waals surface area (Å²) < 4.78 is 11.2. The van der Waals surface area contributed by atoms with Gasteiger partial charge in [-0.05, 0) is 43.8 Å². The lowest BCUT2D eigenvalue weighted by molar-refractivity contribution is 0.0498. The first-order chi connectivity index (χ1) is 10.4. The van der Waals surface area contributed by atoms with Gasteiger partial charge >= 0.3 is 0 Å². The van der Waals surface area contributed by atoms with E-state index in [1.54, 1.807) is 0 Å². The van der Waals surface area contributed by atoms with Gasteiger partial charge in [-0.1, -0.05) is 6.92 Å². The summed E-state index contributed by atoms with van der Waals surface area (Å²) in [7, 11) is 0. The molecule has 6 heteroatoms. The molecule has 1 aromatic rings. The molecule has 3 heterocycles. The Hall–Kier alpha value is -1.14. The van der Waals surface area contributed by atoms with Crippen molar-refractivity contribution in [3.05, 3.63) is 5.89 Å². The minimum atomic E-state index is 0.177. The molecule has 0 saturated carbocycles. The summed E-state index contributed by atoms with van der Waals surface area (Å²) >= 11 is 0. The third kappa shape index (κ3) is 3.55. The summed E-state index contributed by atoms with van der Waals surface area (Å²) in [6.07, 6.45) is 5.88. The number of nitrogens with one attached hydrogen (secondary N) is 1. The van der Waals surface area contributed by atoms with Crippen molar-refractivity contribution in [3.63, 3.8) is 0 Å². The van der Waals surface area contributed by atoms with Gasteiger partial charge in [0.25, 0.3) is 5.95 Å². The zero-order valence-electron chi connectivity index (χ0n) is 12.9. The molecule has 1 aromatic heterocycles. The lowest BCUT2D eigenvalue weighted by Gasteiger charge is -2.30. The number of nitrogens with zero attached hydrogens (tertiary/aromatic N) is 3. The van der Waals surface area contributed by atoms with Gasteiger partial charge < -0.3 is 19.5 Å². The Balaban J connectivity index is 1.67. The van der Waals surface area contributed by atoms with Crippen molar-refractivity contribution < 1.29 is 9.26 Å². The van der Waals surface area contributed by atoms with Crippen molar-refractivity contribution in [2.45, 2.75) is 51.0 Å². The highest BCUT2D eigenvalue weighted by molar-refractivity contribution is 5.28.